The second-order valence-corrected chi connectivity index (χ2v) is 4.93. The minimum atomic E-state index is -0.0127. The van der Waals surface area contributed by atoms with Crippen LogP contribution >= 0.6 is 0 Å². The number of aromatic amines is 1. The van der Waals surface area contributed by atoms with Gasteiger partial charge in [-0.2, -0.15) is 0 Å². The van der Waals surface area contributed by atoms with E-state index in [0.717, 1.165) is 34.8 Å². The van der Waals surface area contributed by atoms with Gasteiger partial charge in [-0.3, -0.25) is 9.36 Å². The van der Waals surface area contributed by atoms with Crippen molar-refractivity contribution in [3.63, 3.8) is 0 Å². The van der Waals surface area contributed by atoms with Crippen molar-refractivity contribution in [3.8, 4) is 17.2 Å². The molecule has 1 amide bonds. The number of imidazole rings is 2. The average Bonchev–Trinajstić information content (AvgIpc) is 3.18. The molecule has 3 heterocycles. The van der Waals surface area contributed by atoms with Crippen molar-refractivity contribution < 1.29 is 4.79 Å². The Morgan fingerprint density at radius 2 is 2.24 bits per heavy atom. The predicted molar refractivity (Wildman–Crippen MR) is 77.2 cm³/mol. The number of rotatable bonds is 2. The average molecular weight is 279 g/mol. The van der Waals surface area contributed by atoms with Crippen LogP contribution in [0.3, 0.4) is 0 Å². The fourth-order valence-corrected chi connectivity index (χ4v) is 2.64. The molecule has 0 saturated carbocycles. The van der Waals surface area contributed by atoms with E-state index in [4.69, 9.17) is 0 Å². The third-order valence-corrected chi connectivity index (χ3v) is 3.68. The Morgan fingerprint density at radius 3 is 3.10 bits per heavy atom. The summed E-state index contributed by atoms with van der Waals surface area (Å²) in [5, 5.41) is 2.87. The van der Waals surface area contributed by atoms with Crippen LogP contribution in [0.4, 0.5) is 0 Å². The molecule has 3 aromatic rings. The van der Waals surface area contributed by atoms with Gasteiger partial charge < -0.3 is 10.3 Å². The van der Waals surface area contributed by atoms with Gasteiger partial charge in [0.2, 0.25) is 0 Å². The van der Waals surface area contributed by atoms with Gasteiger partial charge in [-0.25, -0.2) is 9.97 Å². The van der Waals surface area contributed by atoms with Crippen LogP contribution in [0.5, 0.6) is 0 Å². The first-order valence-electron chi connectivity index (χ1n) is 6.76. The van der Waals surface area contributed by atoms with Crippen LogP contribution in [0.15, 0.2) is 43.1 Å². The molecule has 0 saturated heterocycles. The lowest BCUT2D eigenvalue weighted by Crippen LogP contribution is -2.31. The number of hydrogen-bond donors (Lipinski definition) is 2. The first kappa shape index (κ1) is 11.9. The molecule has 2 aromatic heterocycles. The molecule has 6 heteroatoms. The summed E-state index contributed by atoms with van der Waals surface area (Å²) >= 11 is 0. The Kier molecular flexibility index (Phi) is 2.60. The summed E-state index contributed by atoms with van der Waals surface area (Å²) in [6.07, 6.45) is 7.83. The van der Waals surface area contributed by atoms with Crippen LogP contribution in [0.25, 0.3) is 17.2 Å². The van der Waals surface area contributed by atoms with Crippen LogP contribution in [0, 0.1) is 0 Å². The van der Waals surface area contributed by atoms with Gasteiger partial charge in [-0.05, 0) is 24.1 Å². The Morgan fingerprint density at radius 1 is 1.29 bits per heavy atom. The summed E-state index contributed by atoms with van der Waals surface area (Å²) in [5.41, 5.74) is 3.57. The monoisotopic (exact) mass is 279 g/mol. The van der Waals surface area contributed by atoms with E-state index < -0.39 is 0 Å². The summed E-state index contributed by atoms with van der Waals surface area (Å²) in [6, 6.07) is 5.94. The van der Waals surface area contributed by atoms with Crippen molar-refractivity contribution in [1.82, 2.24) is 24.8 Å². The minimum absolute atomic E-state index is 0.0127. The zero-order valence-electron chi connectivity index (χ0n) is 11.2. The first-order valence-corrected chi connectivity index (χ1v) is 6.76. The number of amides is 1. The molecule has 0 aliphatic carbocycles. The summed E-state index contributed by atoms with van der Waals surface area (Å²) in [5.74, 6) is 0.755. The van der Waals surface area contributed by atoms with Gasteiger partial charge in [0.05, 0.1) is 12.5 Å². The molecule has 6 nitrogen and oxygen atoms in total. The molecule has 1 aliphatic rings. The highest BCUT2D eigenvalue weighted by atomic mass is 16.1. The van der Waals surface area contributed by atoms with Crippen LogP contribution in [0.1, 0.15) is 15.9 Å². The molecule has 2 N–H and O–H groups in total. The van der Waals surface area contributed by atoms with Crippen molar-refractivity contribution in [1.29, 1.82) is 0 Å². The molecule has 104 valence electrons. The van der Waals surface area contributed by atoms with Gasteiger partial charge in [0, 0.05) is 30.2 Å². The van der Waals surface area contributed by atoms with E-state index in [9.17, 15) is 4.79 Å². The Hall–Kier alpha value is -2.89. The molecule has 0 fully saturated rings. The number of carbonyl (C=O) groups is 1. The SMILES string of the molecule is O=C1NCCc2ccc(-n3ccnc3-c3cnc[nH]3)cc21. The first-order chi connectivity index (χ1) is 10.3. The van der Waals surface area contributed by atoms with Crippen LogP contribution in [-0.2, 0) is 6.42 Å². The second-order valence-electron chi connectivity index (χ2n) is 4.93. The summed E-state index contributed by atoms with van der Waals surface area (Å²) in [6.45, 7) is 0.704. The predicted octanol–water partition coefficient (Wildman–Crippen LogP) is 1.55. The molecule has 0 unspecified atom stereocenters. The van der Waals surface area contributed by atoms with E-state index in [1.807, 2.05) is 29.0 Å². The third kappa shape index (κ3) is 1.92. The Labute approximate surface area is 120 Å². The van der Waals surface area contributed by atoms with Crippen molar-refractivity contribution >= 4 is 5.91 Å². The van der Waals surface area contributed by atoms with Crippen LogP contribution < -0.4 is 5.32 Å². The lowest BCUT2D eigenvalue weighted by Gasteiger charge is -2.17. The molecule has 1 aromatic carbocycles. The lowest BCUT2D eigenvalue weighted by molar-refractivity contribution is 0.0946. The zero-order valence-corrected chi connectivity index (χ0v) is 11.2. The number of nitrogens with zero attached hydrogens (tertiary/aromatic N) is 3. The van der Waals surface area contributed by atoms with E-state index in [-0.39, 0.29) is 5.91 Å². The number of H-pyrrole nitrogens is 1. The number of carbonyl (C=O) groups excluding carboxylic acids is 1. The van der Waals surface area contributed by atoms with Crippen molar-refractivity contribution in [2.24, 2.45) is 0 Å². The Bertz CT molecular complexity index is 803. The van der Waals surface area contributed by atoms with Crippen LogP contribution in [0.2, 0.25) is 0 Å². The van der Waals surface area contributed by atoms with Crippen molar-refractivity contribution in [2.75, 3.05) is 6.54 Å². The van der Waals surface area contributed by atoms with E-state index in [1.165, 1.54) is 0 Å². The van der Waals surface area contributed by atoms with Crippen LogP contribution in [-0.4, -0.2) is 32.0 Å². The van der Waals surface area contributed by atoms with Gasteiger partial charge in [-0.1, -0.05) is 6.07 Å². The number of benzene rings is 1. The highest BCUT2D eigenvalue weighted by Gasteiger charge is 2.18. The van der Waals surface area contributed by atoms with Gasteiger partial charge in [0.1, 0.15) is 5.69 Å². The third-order valence-electron chi connectivity index (χ3n) is 3.68. The number of fused-ring (bicyclic) bond motifs is 1. The minimum Gasteiger partial charge on any atom is -0.352 e. The molecule has 0 atom stereocenters. The number of hydrogen-bond acceptors (Lipinski definition) is 3. The normalized spacial score (nSPS) is 13.8. The maximum atomic E-state index is 12.0. The van der Waals surface area contributed by atoms with Gasteiger partial charge >= 0.3 is 0 Å². The van der Waals surface area contributed by atoms with E-state index in [1.54, 1.807) is 18.7 Å². The summed E-state index contributed by atoms with van der Waals surface area (Å²) in [4.78, 5) is 23.4. The maximum absolute atomic E-state index is 12.0. The molecule has 0 radical (unpaired) electrons. The molecule has 0 bridgehead atoms. The highest BCUT2D eigenvalue weighted by molar-refractivity contribution is 5.97. The van der Waals surface area contributed by atoms with Gasteiger partial charge in [0.15, 0.2) is 5.82 Å². The molecular formula is C15H13N5O. The number of aromatic nitrogens is 4. The van der Waals surface area contributed by atoms with Crippen molar-refractivity contribution in [3.05, 3.63) is 54.2 Å². The van der Waals surface area contributed by atoms with E-state index >= 15 is 0 Å². The zero-order chi connectivity index (χ0) is 14.2. The van der Waals surface area contributed by atoms with Gasteiger partial charge in [0.25, 0.3) is 5.91 Å². The van der Waals surface area contributed by atoms with Gasteiger partial charge in [-0.15, -0.1) is 0 Å². The fourth-order valence-electron chi connectivity index (χ4n) is 2.64. The smallest absolute Gasteiger partial charge is 0.251 e. The second kappa shape index (κ2) is 4.59. The molecule has 21 heavy (non-hydrogen) atoms. The van der Waals surface area contributed by atoms with Crippen molar-refractivity contribution in [2.45, 2.75) is 6.42 Å². The summed E-state index contributed by atoms with van der Waals surface area (Å²) in [7, 11) is 0. The largest absolute Gasteiger partial charge is 0.352 e. The standard InChI is InChI=1S/C15H13N5O/c21-15-12-7-11(2-1-10(12)3-4-18-15)20-6-5-17-14(20)13-8-16-9-19-13/h1-2,5-9H,3-4H2,(H,16,19)(H,18,21). The number of nitrogens with one attached hydrogen (secondary N) is 2. The van der Waals surface area contributed by atoms with E-state index in [0.29, 0.717) is 6.54 Å². The topological polar surface area (TPSA) is 75.6 Å². The molecule has 4 rings (SSSR count). The molecule has 0 spiro atoms. The molecule has 1 aliphatic heterocycles. The highest BCUT2D eigenvalue weighted by Crippen LogP contribution is 2.23. The van der Waals surface area contributed by atoms with E-state index in [2.05, 4.69) is 20.3 Å². The molecular weight excluding hydrogens is 266 g/mol. The fraction of sp³-hybridized carbons (Fsp3) is 0.133. The quantitative estimate of drug-likeness (QED) is 0.747. The maximum Gasteiger partial charge on any atom is 0.251 e. The lowest BCUT2D eigenvalue weighted by atomic mass is 10.00. The summed E-state index contributed by atoms with van der Waals surface area (Å²) < 4.78 is 1.94. The Balaban J connectivity index is 1.83.